The van der Waals surface area contributed by atoms with Gasteiger partial charge >= 0.3 is 0 Å². The number of ether oxygens (including phenoxy) is 1. The van der Waals surface area contributed by atoms with Crippen molar-refractivity contribution in [3.8, 4) is 5.75 Å². The van der Waals surface area contributed by atoms with E-state index in [9.17, 15) is 0 Å². The van der Waals surface area contributed by atoms with Crippen molar-refractivity contribution in [1.29, 1.82) is 0 Å². The lowest BCUT2D eigenvalue weighted by Crippen LogP contribution is -2.36. The fraction of sp³-hybridized carbons (Fsp3) is 0.316. The Hall–Kier alpha value is -2.49. The van der Waals surface area contributed by atoms with Crippen LogP contribution >= 0.6 is 0 Å². The van der Waals surface area contributed by atoms with Gasteiger partial charge in [0.2, 0.25) is 0 Å². The minimum atomic E-state index is 0.677. The molecule has 0 aliphatic rings. The number of hydrogen-bond donors (Lipinski definition) is 2. The minimum absolute atomic E-state index is 0.677. The predicted molar refractivity (Wildman–Crippen MR) is 95.8 cm³/mol. The van der Waals surface area contributed by atoms with Crippen LogP contribution in [0.4, 0.5) is 0 Å². The van der Waals surface area contributed by atoms with Gasteiger partial charge in [0.05, 0.1) is 6.61 Å². The van der Waals surface area contributed by atoms with Gasteiger partial charge in [-0.1, -0.05) is 42.0 Å². The molecule has 0 radical (unpaired) electrons. The molecular formula is C19H25N3O. The lowest BCUT2D eigenvalue weighted by molar-refractivity contribution is 0.340. The van der Waals surface area contributed by atoms with Gasteiger partial charge in [-0.2, -0.15) is 0 Å². The Bertz CT molecular complexity index is 635. The zero-order chi connectivity index (χ0) is 16.5. The molecule has 2 rings (SSSR count). The third kappa shape index (κ3) is 5.66. The monoisotopic (exact) mass is 311 g/mol. The third-order valence-electron chi connectivity index (χ3n) is 3.47. The smallest absolute Gasteiger partial charge is 0.191 e. The first-order valence-electron chi connectivity index (χ1n) is 7.93. The highest BCUT2D eigenvalue weighted by molar-refractivity contribution is 5.79. The van der Waals surface area contributed by atoms with E-state index in [1.807, 2.05) is 25.1 Å². The van der Waals surface area contributed by atoms with Crippen LogP contribution in [-0.2, 0) is 13.1 Å². The number of guanidine groups is 1. The molecule has 0 saturated carbocycles. The quantitative estimate of drug-likeness (QED) is 0.636. The molecule has 4 nitrogen and oxygen atoms in total. The molecule has 0 heterocycles. The number of aryl methyl sites for hydroxylation is 1. The van der Waals surface area contributed by atoms with Crippen LogP contribution in [0, 0.1) is 6.92 Å². The molecule has 2 aromatic carbocycles. The van der Waals surface area contributed by atoms with Gasteiger partial charge in [-0.15, -0.1) is 0 Å². The Balaban J connectivity index is 1.85. The molecule has 122 valence electrons. The summed E-state index contributed by atoms with van der Waals surface area (Å²) in [7, 11) is 1.78. The number of rotatable bonds is 6. The Morgan fingerprint density at radius 1 is 1.00 bits per heavy atom. The molecular weight excluding hydrogens is 286 g/mol. The van der Waals surface area contributed by atoms with Gasteiger partial charge in [0.25, 0.3) is 0 Å². The first kappa shape index (κ1) is 16.9. The molecule has 0 unspecified atom stereocenters. The molecule has 0 fully saturated rings. The van der Waals surface area contributed by atoms with Crippen LogP contribution in [0.25, 0.3) is 0 Å². The molecule has 0 atom stereocenters. The standard InChI is InChI=1S/C19H25N3O/c1-4-23-18-7-5-6-17(12-18)14-22-19(20-3)21-13-16-10-8-15(2)9-11-16/h5-12H,4,13-14H2,1-3H3,(H2,20,21,22). The maximum Gasteiger partial charge on any atom is 0.191 e. The molecule has 0 aromatic heterocycles. The van der Waals surface area contributed by atoms with Crippen LogP contribution in [-0.4, -0.2) is 19.6 Å². The molecule has 0 bridgehead atoms. The van der Waals surface area contributed by atoms with Gasteiger partial charge in [0, 0.05) is 20.1 Å². The SMILES string of the molecule is CCOc1cccc(CNC(=NC)NCc2ccc(C)cc2)c1. The van der Waals surface area contributed by atoms with Crippen molar-refractivity contribution in [3.05, 3.63) is 65.2 Å². The van der Waals surface area contributed by atoms with Crippen LogP contribution in [0.1, 0.15) is 23.6 Å². The molecule has 2 N–H and O–H groups in total. The average Bonchev–Trinajstić information content (AvgIpc) is 2.57. The molecule has 0 aliphatic carbocycles. The van der Waals surface area contributed by atoms with Crippen molar-refractivity contribution in [3.63, 3.8) is 0 Å². The maximum absolute atomic E-state index is 5.52. The number of nitrogens with zero attached hydrogens (tertiary/aromatic N) is 1. The first-order chi connectivity index (χ1) is 11.2. The van der Waals surface area contributed by atoms with Crippen LogP contribution in [0.3, 0.4) is 0 Å². The average molecular weight is 311 g/mol. The van der Waals surface area contributed by atoms with E-state index < -0.39 is 0 Å². The fourth-order valence-corrected chi connectivity index (χ4v) is 2.21. The van der Waals surface area contributed by atoms with Gasteiger partial charge in [0.1, 0.15) is 5.75 Å². The highest BCUT2D eigenvalue weighted by Gasteiger charge is 2.00. The van der Waals surface area contributed by atoms with Crippen LogP contribution in [0.15, 0.2) is 53.5 Å². The zero-order valence-corrected chi connectivity index (χ0v) is 14.1. The minimum Gasteiger partial charge on any atom is -0.494 e. The van der Waals surface area contributed by atoms with Gasteiger partial charge in [0.15, 0.2) is 5.96 Å². The Morgan fingerprint density at radius 2 is 1.70 bits per heavy atom. The summed E-state index contributed by atoms with van der Waals surface area (Å²) >= 11 is 0. The highest BCUT2D eigenvalue weighted by Crippen LogP contribution is 2.12. The summed E-state index contributed by atoms with van der Waals surface area (Å²) in [5.74, 6) is 1.68. The summed E-state index contributed by atoms with van der Waals surface area (Å²) in [6.07, 6.45) is 0. The van der Waals surface area contributed by atoms with E-state index in [0.717, 1.165) is 23.8 Å². The third-order valence-corrected chi connectivity index (χ3v) is 3.47. The number of benzene rings is 2. The highest BCUT2D eigenvalue weighted by atomic mass is 16.5. The summed E-state index contributed by atoms with van der Waals surface area (Å²) in [4.78, 5) is 4.26. The second-order valence-corrected chi connectivity index (χ2v) is 5.35. The van der Waals surface area contributed by atoms with Crippen molar-refractivity contribution >= 4 is 5.96 Å². The normalized spacial score (nSPS) is 11.2. The van der Waals surface area contributed by atoms with Crippen LogP contribution in [0.2, 0.25) is 0 Å². The second kappa shape index (κ2) is 8.83. The molecule has 0 aliphatic heterocycles. The molecule has 0 saturated heterocycles. The Kier molecular flexibility index (Phi) is 6.48. The van der Waals surface area contributed by atoms with Crippen molar-refractivity contribution in [2.24, 2.45) is 4.99 Å². The van der Waals surface area contributed by atoms with E-state index in [2.05, 4.69) is 52.9 Å². The first-order valence-corrected chi connectivity index (χ1v) is 7.93. The zero-order valence-electron chi connectivity index (χ0n) is 14.1. The van der Waals surface area contributed by atoms with Crippen LogP contribution in [0.5, 0.6) is 5.75 Å². The lowest BCUT2D eigenvalue weighted by atomic mass is 10.1. The lowest BCUT2D eigenvalue weighted by Gasteiger charge is -2.13. The Labute approximate surface area is 138 Å². The summed E-state index contributed by atoms with van der Waals surface area (Å²) in [5, 5.41) is 6.64. The topological polar surface area (TPSA) is 45.6 Å². The molecule has 0 amide bonds. The summed E-state index contributed by atoms with van der Waals surface area (Å²) in [6, 6.07) is 16.6. The number of aliphatic imine (C=N–C) groups is 1. The van der Waals surface area contributed by atoms with Crippen molar-refractivity contribution < 1.29 is 4.74 Å². The fourth-order valence-electron chi connectivity index (χ4n) is 2.21. The van der Waals surface area contributed by atoms with E-state index in [-0.39, 0.29) is 0 Å². The molecule has 23 heavy (non-hydrogen) atoms. The maximum atomic E-state index is 5.52. The Morgan fingerprint density at radius 3 is 2.35 bits per heavy atom. The van der Waals surface area contributed by atoms with E-state index in [4.69, 9.17) is 4.74 Å². The second-order valence-electron chi connectivity index (χ2n) is 5.35. The van der Waals surface area contributed by atoms with E-state index >= 15 is 0 Å². The predicted octanol–water partition coefficient (Wildman–Crippen LogP) is 3.26. The van der Waals surface area contributed by atoms with Crippen molar-refractivity contribution in [2.75, 3.05) is 13.7 Å². The van der Waals surface area contributed by atoms with Gasteiger partial charge in [-0.25, -0.2) is 0 Å². The summed E-state index contributed by atoms with van der Waals surface area (Å²) in [5.41, 5.74) is 3.66. The van der Waals surface area contributed by atoms with E-state index in [1.165, 1.54) is 11.1 Å². The van der Waals surface area contributed by atoms with Gasteiger partial charge < -0.3 is 15.4 Å². The summed E-state index contributed by atoms with van der Waals surface area (Å²) in [6.45, 7) is 6.21. The number of hydrogen-bond acceptors (Lipinski definition) is 2. The number of nitrogens with one attached hydrogen (secondary N) is 2. The molecule has 4 heteroatoms. The molecule has 2 aromatic rings. The van der Waals surface area contributed by atoms with E-state index in [0.29, 0.717) is 13.2 Å². The van der Waals surface area contributed by atoms with Crippen molar-refractivity contribution in [2.45, 2.75) is 26.9 Å². The van der Waals surface area contributed by atoms with Crippen LogP contribution < -0.4 is 15.4 Å². The molecule has 0 spiro atoms. The van der Waals surface area contributed by atoms with Gasteiger partial charge in [-0.3, -0.25) is 4.99 Å². The summed E-state index contributed by atoms with van der Waals surface area (Å²) < 4.78 is 5.52. The van der Waals surface area contributed by atoms with Crippen molar-refractivity contribution in [1.82, 2.24) is 10.6 Å². The van der Waals surface area contributed by atoms with E-state index in [1.54, 1.807) is 7.05 Å². The van der Waals surface area contributed by atoms with Gasteiger partial charge in [-0.05, 0) is 37.1 Å². The largest absolute Gasteiger partial charge is 0.494 e.